The van der Waals surface area contributed by atoms with Crippen LogP contribution in [0.5, 0.6) is 0 Å². The second kappa shape index (κ2) is 5.80. The molecule has 0 N–H and O–H groups in total. The van der Waals surface area contributed by atoms with Gasteiger partial charge in [0.15, 0.2) is 0 Å². The molecule has 1 aliphatic heterocycles. The molecule has 0 spiro atoms. The Labute approximate surface area is 149 Å². The van der Waals surface area contributed by atoms with Crippen molar-refractivity contribution >= 4 is 46.5 Å². The van der Waals surface area contributed by atoms with Crippen LogP contribution in [0.3, 0.4) is 0 Å². The van der Waals surface area contributed by atoms with Crippen molar-refractivity contribution in [3.63, 3.8) is 0 Å². The number of rotatable bonds is 3. The van der Waals surface area contributed by atoms with Crippen LogP contribution < -0.4 is 9.80 Å². The van der Waals surface area contributed by atoms with Crippen LogP contribution in [-0.4, -0.2) is 18.0 Å². The lowest BCUT2D eigenvalue weighted by Gasteiger charge is -2.21. The molecule has 1 saturated carbocycles. The van der Waals surface area contributed by atoms with Gasteiger partial charge in [-0.05, 0) is 67.3 Å². The fraction of sp³-hybridized carbons (Fsp3) is 0.222. The standard InChI is InChI=1S/C18H14Cl2N2O2/c19-12-3-7-14(8-4-12)21-16(11-1-2-11)17(23)22(18(21)24)15-9-5-13(20)6-10-15/h3-11,16H,1-2H2. The van der Waals surface area contributed by atoms with Crippen molar-refractivity contribution in [1.29, 1.82) is 0 Å². The number of hydrogen-bond donors (Lipinski definition) is 0. The number of hydrogen-bond acceptors (Lipinski definition) is 2. The minimum absolute atomic E-state index is 0.181. The largest absolute Gasteiger partial charge is 0.336 e. The van der Waals surface area contributed by atoms with Crippen LogP contribution in [0.15, 0.2) is 48.5 Å². The zero-order valence-electron chi connectivity index (χ0n) is 12.7. The molecule has 4 rings (SSSR count). The summed E-state index contributed by atoms with van der Waals surface area (Å²) in [4.78, 5) is 28.8. The molecule has 24 heavy (non-hydrogen) atoms. The predicted octanol–water partition coefficient (Wildman–Crippen LogP) is 4.75. The summed E-state index contributed by atoms with van der Waals surface area (Å²) in [5, 5.41) is 1.15. The Bertz CT molecular complexity index is 801. The number of benzene rings is 2. The average molecular weight is 361 g/mol. The molecule has 0 bridgehead atoms. The first-order valence-electron chi connectivity index (χ1n) is 7.74. The lowest BCUT2D eigenvalue weighted by Crippen LogP contribution is -2.36. The highest BCUT2D eigenvalue weighted by atomic mass is 35.5. The third kappa shape index (κ3) is 2.56. The number of amides is 3. The lowest BCUT2D eigenvalue weighted by atomic mass is 10.1. The maximum Gasteiger partial charge on any atom is 0.336 e. The topological polar surface area (TPSA) is 40.6 Å². The Kier molecular flexibility index (Phi) is 3.74. The van der Waals surface area contributed by atoms with E-state index in [1.165, 1.54) is 4.90 Å². The van der Waals surface area contributed by atoms with Crippen molar-refractivity contribution in [2.24, 2.45) is 5.92 Å². The summed E-state index contributed by atoms with van der Waals surface area (Å²) in [6.45, 7) is 0. The van der Waals surface area contributed by atoms with Crippen molar-refractivity contribution in [1.82, 2.24) is 0 Å². The summed E-state index contributed by atoms with van der Waals surface area (Å²) in [7, 11) is 0. The molecule has 122 valence electrons. The zero-order valence-corrected chi connectivity index (χ0v) is 14.2. The van der Waals surface area contributed by atoms with Gasteiger partial charge in [0.25, 0.3) is 5.91 Å². The Morgan fingerprint density at radius 2 is 1.29 bits per heavy atom. The van der Waals surface area contributed by atoms with Gasteiger partial charge in [0.05, 0.1) is 5.69 Å². The van der Waals surface area contributed by atoms with Crippen molar-refractivity contribution in [2.45, 2.75) is 18.9 Å². The number of imide groups is 1. The molecule has 2 aliphatic rings. The van der Waals surface area contributed by atoms with Gasteiger partial charge in [-0.25, -0.2) is 9.69 Å². The maximum atomic E-state index is 13.0. The summed E-state index contributed by atoms with van der Waals surface area (Å²) >= 11 is 11.8. The Hall–Kier alpha value is -2.04. The highest BCUT2D eigenvalue weighted by Crippen LogP contribution is 2.42. The number of carbonyl (C=O) groups is 2. The fourth-order valence-corrected chi connectivity index (χ4v) is 3.34. The monoisotopic (exact) mass is 360 g/mol. The van der Waals surface area contributed by atoms with Crippen molar-refractivity contribution < 1.29 is 9.59 Å². The molecule has 4 nitrogen and oxygen atoms in total. The average Bonchev–Trinajstić information content (AvgIpc) is 3.36. The molecule has 1 unspecified atom stereocenters. The molecule has 2 aromatic carbocycles. The summed E-state index contributed by atoms with van der Waals surface area (Å²) in [5.41, 5.74) is 1.22. The fourth-order valence-electron chi connectivity index (χ4n) is 3.09. The van der Waals surface area contributed by atoms with Crippen LogP contribution in [0, 0.1) is 5.92 Å². The van der Waals surface area contributed by atoms with Gasteiger partial charge >= 0.3 is 6.03 Å². The van der Waals surface area contributed by atoms with E-state index in [1.54, 1.807) is 53.4 Å². The zero-order chi connectivity index (χ0) is 16.8. The van der Waals surface area contributed by atoms with E-state index >= 15 is 0 Å². The third-order valence-corrected chi connectivity index (χ3v) is 4.91. The molecule has 1 heterocycles. The molecule has 0 radical (unpaired) electrons. The molecule has 0 aromatic heterocycles. The molecule has 1 aliphatic carbocycles. The lowest BCUT2D eigenvalue weighted by molar-refractivity contribution is -0.118. The minimum atomic E-state index is -0.450. The number of carbonyl (C=O) groups excluding carboxylic acids is 2. The molecule has 2 fully saturated rings. The van der Waals surface area contributed by atoms with E-state index in [9.17, 15) is 9.59 Å². The highest BCUT2D eigenvalue weighted by Gasteiger charge is 2.52. The summed E-state index contributed by atoms with van der Waals surface area (Å²) in [6.07, 6.45) is 1.92. The molecule has 1 saturated heterocycles. The van der Waals surface area contributed by atoms with Gasteiger partial charge in [-0.2, -0.15) is 0 Å². The van der Waals surface area contributed by atoms with Crippen molar-refractivity contribution in [2.75, 3.05) is 9.80 Å². The first kappa shape index (κ1) is 15.5. The number of anilines is 2. The molecule has 3 amide bonds. The van der Waals surface area contributed by atoms with Crippen LogP contribution >= 0.6 is 23.2 Å². The third-order valence-electron chi connectivity index (χ3n) is 4.41. The highest BCUT2D eigenvalue weighted by molar-refractivity contribution is 6.32. The molecular formula is C18H14Cl2N2O2. The SMILES string of the molecule is O=C1C(C2CC2)N(c2ccc(Cl)cc2)C(=O)N1c1ccc(Cl)cc1. The van der Waals surface area contributed by atoms with Crippen LogP contribution in [0.1, 0.15) is 12.8 Å². The van der Waals surface area contributed by atoms with Crippen molar-refractivity contribution in [3.8, 4) is 0 Å². The number of urea groups is 1. The normalized spacial score (nSPS) is 20.8. The van der Waals surface area contributed by atoms with E-state index in [4.69, 9.17) is 23.2 Å². The first-order chi connectivity index (χ1) is 11.6. The second-order valence-corrected chi connectivity index (χ2v) is 6.93. The smallest absolute Gasteiger partial charge is 0.281 e. The minimum Gasteiger partial charge on any atom is -0.281 e. The van der Waals surface area contributed by atoms with E-state index in [2.05, 4.69) is 0 Å². The van der Waals surface area contributed by atoms with Gasteiger partial charge in [-0.3, -0.25) is 9.69 Å². The van der Waals surface area contributed by atoms with Crippen molar-refractivity contribution in [3.05, 3.63) is 58.6 Å². The van der Waals surface area contributed by atoms with Gasteiger partial charge < -0.3 is 0 Å². The number of nitrogens with zero attached hydrogens (tertiary/aromatic N) is 2. The first-order valence-corrected chi connectivity index (χ1v) is 8.50. The van der Waals surface area contributed by atoms with E-state index in [0.29, 0.717) is 21.4 Å². The summed E-state index contributed by atoms with van der Waals surface area (Å²) < 4.78 is 0. The van der Waals surface area contributed by atoms with Gasteiger partial charge in [0.2, 0.25) is 0 Å². The number of halogens is 2. The van der Waals surface area contributed by atoms with Gasteiger partial charge in [-0.15, -0.1) is 0 Å². The van der Waals surface area contributed by atoms with Crippen LogP contribution in [-0.2, 0) is 4.79 Å². The van der Waals surface area contributed by atoms with Crippen LogP contribution in [0.4, 0.5) is 16.2 Å². The van der Waals surface area contributed by atoms with E-state index < -0.39 is 6.04 Å². The molecule has 2 aromatic rings. The Morgan fingerprint density at radius 3 is 1.79 bits per heavy atom. The molecule has 6 heteroatoms. The second-order valence-electron chi connectivity index (χ2n) is 6.06. The summed E-state index contributed by atoms with van der Waals surface area (Å²) in [5.74, 6) is 0.0363. The Balaban J connectivity index is 1.75. The summed E-state index contributed by atoms with van der Waals surface area (Å²) in [6, 6.07) is 12.9. The van der Waals surface area contributed by atoms with Gasteiger partial charge in [0, 0.05) is 15.7 Å². The van der Waals surface area contributed by atoms with E-state index in [1.807, 2.05) is 0 Å². The van der Waals surface area contributed by atoms with Gasteiger partial charge in [-0.1, -0.05) is 23.2 Å². The quantitative estimate of drug-likeness (QED) is 0.741. The van der Waals surface area contributed by atoms with Gasteiger partial charge in [0.1, 0.15) is 6.04 Å². The van der Waals surface area contributed by atoms with Crippen LogP contribution in [0.2, 0.25) is 10.0 Å². The molecular weight excluding hydrogens is 347 g/mol. The molecule has 1 atom stereocenters. The maximum absolute atomic E-state index is 13.0. The van der Waals surface area contributed by atoms with E-state index in [-0.39, 0.29) is 17.9 Å². The Morgan fingerprint density at radius 1 is 0.792 bits per heavy atom. The van der Waals surface area contributed by atoms with Crippen LogP contribution in [0.25, 0.3) is 0 Å². The van der Waals surface area contributed by atoms with E-state index in [0.717, 1.165) is 12.8 Å². The predicted molar refractivity (Wildman–Crippen MR) is 94.8 cm³/mol.